The smallest absolute Gasteiger partial charge is 0.0791 e. The first-order valence-corrected chi connectivity index (χ1v) is 6.37. The molecular formula is C13H15BrN2O. The summed E-state index contributed by atoms with van der Waals surface area (Å²) in [6.45, 7) is 4.23. The van der Waals surface area contributed by atoms with Crippen molar-refractivity contribution in [3.05, 3.63) is 46.2 Å². The highest BCUT2D eigenvalue weighted by Crippen LogP contribution is 2.27. The van der Waals surface area contributed by atoms with Gasteiger partial charge in [0, 0.05) is 10.0 Å². The zero-order valence-corrected chi connectivity index (χ0v) is 11.5. The van der Waals surface area contributed by atoms with Crippen molar-refractivity contribution in [1.29, 1.82) is 0 Å². The Bertz CT molecular complexity index is 520. The molecule has 1 heterocycles. The van der Waals surface area contributed by atoms with E-state index in [9.17, 15) is 5.11 Å². The number of halogens is 1. The van der Waals surface area contributed by atoms with E-state index in [0.29, 0.717) is 5.92 Å². The molecule has 90 valence electrons. The second-order valence-electron chi connectivity index (χ2n) is 4.23. The van der Waals surface area contributed by atoms with E-state index >= 15 is 0 Å². The minimum atomic E-state index is 0.0258. The number of aliphatic hydroxyl groups excluding tert-OH is 1. The van der Waals surface area contributed by atoms with Gasteiger partial charge in [0.1, 0.15) is 0 Å². The Morgan fingerprint density at radius 1 is 1.35 bits per heavy atom. The summed E-state index contributed by atoms with van der Waals surface area (Å²) in [6, 6.07) is 7.94. The lowest BCUT2D eigenvalue weighted by Gasteiger charge is -2.13. The van der Waals surface area contributed by atoms with E-state index in [-0.39, 0.29) is 6.61 Å². The Kier molecular flexibility index (Phi) is 3.64. The third-order valence-corrected chi connectivity index (χ3v) is 3.35. The Balaban J connectivity index is 2.60. The lowest BCUT2D eigenvalue weighted by molar-refractivity contribution is 0.280. The van der Waals surface area contributed by atoms with Crippen LogP contribution in [0.4, 0.5) is 0 Å². The summed E-state index contributed by atoms with van der Waals surface area (Å²) in [5, 5.41) is 13.7. The monoisotopic (exact) mass is 294 g/mol. The van der Waals surface area contributed by atoms with Crippen molar-refractivity contribution in [1.82, 2.24) is 9.78 Å². The molecule has 0 aliphatic heterocycles. The normalized spacial score (nSPS) is 11.1. The van der Waals surface area contributed by atoms with E-state index in [1.165, 1.54) is 0 Å². The molecule has 2 rings (SSSR count). The summed E-state index contributed by atoms with van der Waals surface area (Å²) in [5.41, 5.74) is 2.94. The third kappa shape index (κ3) is 2.28. The summed E-state index contributed by atoms with van der Waals surface area (Å²) in [5.74, 6) is 0.312. The highest BCUT2D eigenvalue weighted by Gasteiger charge is 2.15. The fourth-order valence-electron chi connectivity index (χ4n) is 1.94. The van der Waals surface area contributed by atoms with Crippen LogP contribution in [0.5, 0.6) is 0 Å². The zero-order chi connectivity index (χ0) is 12.4. The van der Waals surface area contributed by atoms with E-state index in [4.69, 9.17) is 0 Å². The molecular weight excluding hydrogens is 280 g/mol. The molecule has 0 atom stereocenters. The highest BCUT2D eigenvalue weighted by molar-refractivity contribution is 9.10. The molecule has 0 bridgehead atoms. The first-order chi connectivity index (χ1) is 8.15. The standard InChI is InChI=1S/C13H15BrN2O/c1-9(2)13-10(8-17)7-15-16(13)12-6-4-3-5-11(12)14/h3-7,9,17H,8H2,1-2H3. The maximum atomic E-state index is 9.33. The van der Waals surface area contributed by atoms with Gasteiger partial charge in [0.05, 0.1) is 24.2 Å². The van der Waals surface area contributed by atoms with Crippen LogP contribution < -0.4 is 0 Å². The topological polar surface area (TPSA) is 38.1 Å². The fraction of sp³-hybridized carbons (Fsp3) is 0.308. The molecule has 0 aliphatic carbocycles. The minimum Gasteiger partial charge on any atom is -0.392 e. The minimum absolute atomic E-state index is 0.0258. The number of hydrogen-bond acceptors (Lipinski definition) is 2. The van der Waals surface area contributed by atoms with Gasteiger partial charge in [-0.15, -0.1) is 0 Å². The predicted octanol–water partition coefficient (Wildman–Crippen LogP) is 3.25. The SMILES string of the molecule is CC(C)c1c(CO)cnn1-c1ccccc1Br. The summed E-state index contributed by atoms with van der Waals surface area (Å²) in [6.07, 6.45) is 1.73. The quantitative estimate of drug-likeness (QED) is 0.944. The highest BCUT2D eigenvalue weighted by atomic mass is 79.9. The van der Waals surface area contributed by atoms with Gasteiger partial charge in [-0.05, 0) is 34.0 Å². The summed E-state index contributed by atoms with van der Waals surface area (Å²) in [4.78, 5) is 0. The summed E-state index contributed by atoms with van der Waals surface area (Å²) >= 11 is 3.52. The van der Waals surface area contributed by atoms with Crippen LogP contribution in [-0.2, 0) is 6.61 Å². The number of aliphatic hydroxyl groups is 1. The Hall–Kier alpha value is -1.13. The van der Waals surface area contributed by atoms with Crippen LogP contribution in [-0.4, -0.2) is 14.9 Å². The van der Waals surface area contributed by atoms with E-state index in [1.807, 2.05) is 28.9 Å². The largest absolute Gasteiger partial charge is 0.392 e. The van der Waals surface area contributed by atoms with Crippen LogP contribution in [0.2, 0.25) is 0 Å². The van der Waals surface area contributed by atoms with Gasteiger partial charge in [0.25, 0.3) is 0 Å². The number of aromatic nitrogens is 2. The number of benzene rings is 1. The van der Waals surface area contributed by atoms with Gasteiger partial charge in [-0.2, -0.15) is 5.10 Å². The van der Waals surface area contributed by atoms with Crippen LogP contribution in [0.3, 0.4) is 0 Å². The molecule has 0 radical (unpaired) electrons. The number of hydrogen-bond donors (Lipinski definition) is 1. The van der Waals surface area contributed by atoms with E-state index in [0.717, 1.165) is 21.4 Å². The Morgan fingerprint density at radius 2 is 2.06 bits per heavy atom. The molecule has 0 aliphatic rings. The van der Waals surface area contributed by atoms with Gasteiger partial charge in [-0.25, -0.2) is 4.68 Å². The molecule has 0 unspecified atom stereocenters. The number of para-hydroxylation sites is 1. The second-order valence-corrected chi connectivity index (χ2v) is 5.09. The molecule has 3 nitrogen and oxygen atoms in total. The van der Waals surface area contributed by atoms with Crippen molar-refractivity contribution in [3.8, 4) is 5.69 Å². The molecule has 17 heavy (non-hydrogen) atoms. The average molecular weight is 295 g/mol. The van der Waals surface area contributed by atoms with Crippen molar-refractivity contribution in [3.63, 3.8) is 0 Å². The number of rotatable bonds is 3. The van der Waals surface area contributed by atoms with E-state index in [2.05, 4.69) is 34.9 Å². The molecule has 1 N–H and O–H groups in total. The molecule has 2 aromatic rings. The van der Waals surface area contributed by atoms with Crippen molar-refractivity contribution in [2.24, 2.45) is 0 Å². The van der Waals surface area contributed by atoms with E-state index in [1.54, 1.807) is 6.20 Å². The van der Waals surface area contributed by atoms with Crippen LogP contribution >= 0.6 is 15.9 Å². The molecule has 4 heteroatoms. The molecule has 0 saturated heterocycles. The predicted molar refractivity (Wildman–Crippen MR) is 71.3 cm³/mol. The van der Waals surface area contributed by atoms with Gasteiger partial charge < -0.3 is 5.11 Å². The molecule has 0 saturated carbocycles. The zero-order valence-electron chi connectivity index (χ0n) is 9.89. The van der Waals surface area contributed by atoms with Gasteiger partial charge in [-0.1, -0.05) is 26.0 Å². The van der Waals surface area contributed by atoms with Gasteiger partial charge in [0.15, 0.2) is 0 Å². The molecule has 0 fully saturated rings. The molecule has 0 spiro atoms. The third-order valence-electron chi connectivity index (χ3n) is 2.68. The summed E-state index contributed by atoms with van der Waals surface area (Å²) < 4.78 is 2.88. The lowest BCUT2D eigenvalue weighted by atomic mass is 10.1. The van der Waals surface area contributed by atoms with Gasteiger partial charge in [0.2, 0.25) is 0 Å². The van der Waals surface area contributed by atoms with Crippen molar-refractivity contribution >= 4 is 15.9 Å². The fourth-order valence-corrected chi connectivity index (χ4v) is 2.40. The maximum absolute atomic E-state index is 9.33. The lowest BCUT2D eigenvalue weighted by Crippen LogP contribution is -2.06. The first-order valence-electron chi connectivity index (χ1n) is 5.57. The van der Waals surface area contributed by atoms with Crippen molar-refractivity contribution < 1.29 is 5.11 Å². The van der Waals surface area contributed by atoms with Gasteiger partial charge >= 0.3 is 0 Å². The first kappa shape index (κ1) is 12.3. The van der Waals surface area contributed by atoms with E-state index < -0.39 is 0 Å². The number of nitrogens with zero attached hydrogens (tertiary/aromatic N) is 2. The second kappa shape index (κ2) is 5.02. The summed E-state index contributed by atoms with van der Waals surface area (Å²) in [7, 11) is 0. The Morgan fingerprint density at radius 3 is 2.65 bits per heavy atom. The molecule has 1 aromatic heterocycles. The van der Waals surface area contributed by atoms with Crippen molar-refractivity contribution in [2.75, 3.05) is 0 Å². The molecule has 1 aromatic carbocycles. The van der Waals surface area contributed by atoms with Crippen LogP contribution in [0, 0.1) is 0 Å². The van der Waals surface area contributed by atoms with Crippen LogP contribution in [0.1, 0.15) is 31.0 Å². The Labute approximate surface area is 109 Å². The average Bonchev–Trinajstić information content (AvgIpc) is 2.73. The van der Waals surface area contributed by atoms with Crippen LogP contribution in [0.25, 0.3) is 5.69 Å². The van der Waals surface area contributed by atoms with Crippen LogP contribution in [0.15, 0.2) is 34.9 Å². The maximum Gasteiger partial charge on any atom is 0.0791 e. The molecule has 0 amide bonds. The van der Waals surface area contributed by atoms with Crippen molar-refractivity contribution in [2.45, 2.75) is 26.4 Å². The van der Waals surface area contributed by atoms with Gasteiger partial charge in [-0.3, -0.25) is 0 Å².